The number of rotatable bonds is 6. The standard InChI is InChI=1S/C35H50N2O6Si/c1-33(2,3)42-31(39)36-25(20-21-28(36)29-22-23-30(38)37(29)32(40)43-34(4,5)6)24-41-44(35(7,8)9,26-16-12-10-13-17-26)27-18-14-11-15-19-27/h10-19,25,28-29H,20-24H2,1-9H3/t25-,28-,29-/m1/s1. The highest BCUT2D eigenvalue weighted by Gasteiger charge is 2.53. The number of carbonyl (C=O) groups excluding carboxylic acids is 3. The summed E-state index contributed by atoms with van der Waals surface area (Å²) in [6, 6.07) is 19.6. The van der Waals surface area contributed by atoms with E-state index in [9.17, 15) is 14.4 Å². The Kier molecular flexibility index (Phi) is 9.71. The molecule has 2 saturated heterocycles. The SMILES string of the molecule is CC(C)(C)OC(=O)N1C(=O)CC[C@@H]1[C@H]1CC[C@H](CO[Si](c2ccccc2)(c2ccccc2)C(C)(C)C)N1C(=O)OC(C)(C)C. The van der Waals surface area contributed by atoms with E-state index in [1.165, 1.54) is 4.90 Å². The first kappa shape index (κ1) is 33.7. The number of imide groups is 1. The summed E-state index contributed by atoms with van der Waals surface area (Å²) in [5, 5.41) is 2.10. The maximum absolute atomic E-state index is 13.9. The van der Waals surface area contributed by atoms with E-state index in [1.807, 2.05) is 32.9 Å². The number of carbonyl (C=O) groups is 3. The third-order valence-electron chi connectivity index (χ3n) is 8.35. The molecule has 0 radical (unpaired) electrons. The third-order valence-corrected chi connectivity index (χ3v) is 13.4. The van der Waals surface area contributed by atoms with E-state index in [2.05, 4.69) is 69.3 Å². The average Bonchev–Trinajstić information content (AvgIpc) is 3.51. The van der Waals surface area contributed by atoms with Gasteiger partial charge in [0.2, 0.25) is 5.91 Å². The number of hydrogen-bond donors (Lipinski definition) is 0. The molecule has 8 nitrogen and oxygen atoms in total. The van der Waals surface area contributed by atoms with E-state index in [-0.39, 0.29) is 23.4 Å². The van der Waals surface area contributed by atoms with E-state index in [4.69, 9.17) is 13.9 Å². The first-order valence-electron chi connectivity index (χ1n) is 15.8. The number of hydrogen-bond acceptors (Lipinski definition) is 6. The number of benzene rings is 2. The van der Waals surface area contributed by atoms with Crippen LogP contribution in [0, 0.1) is 0 Å². The van der Waals surface area contributed by atoms with Crippen LogP contribution in [0.1, 0.15) is 88.0 Å². The smallest absolute Gasteiger partial charge is 0.417 e. The summed E-state index contributed by atoms with van der Waals surface area (Å²) in [6.45, 7) is 17.9. The Morgan fingerprint density at radius 1 is 0.727 bits per heavy atom. The van der Waals surface area contributed by atoms with Crippen molar-refractivity contribution >= 4 is 36.8 Å². The molecule has 2 aromatic carbocycles. The minimum Gasteiger partial charge on any atom is -0.444 e. The molecule has 2 aromatic rings. The van der Waals surface area contributed by atoms with Gasteiger partial charge in [0.15, 0.2) is 0 Å². The summed E-state index contributed by atoms with van der Waals surface area (Å²) >= 11 is 0. The summed E-state index contributed by atoms with van der Waals surface area (Å²) in [7, 11) is -2.87. The maximum Gasteiger partial charge on any atom is 0.417 e. The number of likely N-dealkylation sites (tertiary alicyclic amines) is 2. The normalized spacial score (nSPS) is 21.5. The molecule has 2 aliphatic rings. The van der Waals surface area contributed by atoms with Crippen LogP contribution >= 0.6 is 0 Å². The monoisotopic (exact) mass is 622 g/mol. The Morgan fingerprint density at radius 2 is 1.23 bits per heavy atom. The van der Waals surface area contributed by atoms with Crippen LogP contribution in [0.25, 0.3) is 0 Å². The van der Waals surface area contributed by atoms with Gasteiger partial charge in [0.1, 0.15) is 11.2 Å². The Labute approximate surface area is 264 Å². The summed E-state index contributed by atoms with van der Waals surface area (Å²) in [6.07, 6.45) is 0.844. The lowest BCUT2D eigenvalue weighted by atomic mass is 10.0. The second-order valence-electron chi connectivity index (χ2n) is 15.0. The van der Waals surface area contributed by atoms with Gasteiger partial charge in [0.25, 0.3) is 8.32 Å². The fourth-order valence-corrected chi connectivity index (χ4v) is 11.3. The van der Waals surface area contributed by atoms with Gasteiger partial charge in [0, 0.05) is 6.42 Å². The van der Waals surface area contributed by atoms with E-state index >= 15 is 0 Å². The zero-order valence-corrected chi connectivity index (χ0v) is 28.9. The van der Waals surface area contributed by atoms with Crippen molar-refractivity contribution in [2.75, 3.05) is 6.61 Å². The van der Waals surface area contributed by atoms with Gasteiger partial charge >= 0.3 is 12.2 Å². The molecule has 2 aliphatic heterocycles. The van der Waals surface area contributed by atoms with Crippen LogP contribution in [0.4, 0.5) is 9.59 Å². The molecule has 0 aliphatic carbocycles. The van der Waals surface area contributed by atoms with Gasteiger partial charge in [-0.05, 0) is 76.2 Å². The molecule has 3 atom stereocenters. The van der Waals surface area contributed by atoms with Crippen LogP contribution in [-0.4, -0.2) is 72.1 Å². The van der Waals surface area contributed by atoms with Crippen molar-refractivity contribution in [1.82, 2.24) is 9.80 Å². The summed E-state index contributed by atoms with van der Waals surface area (Å²) < 4.78 is 18.8. The van der Waals surface area contributed by atoms with Crippen molar-refractivity contribution in [3.63, 3.8) is 0 Å². The zero-order chi connectivity index (χ0) is 32.5. The van der Waals surface area contributed by atoms with E-state index in [1.54, 1.807) is 25.7 Å². The fraction of sp³-hybridized carbons (Fsp3) is 0.571. The Morgan fingerprint density at radius 3 is 1.70 bits per heavy atom. The topological polar surface area (TPSA) is 85.4 Å². The molecule has 0 unspecified atom stereocenters. The number of nitrogens with zero attached hydrogens (tertiary/aromatic N) is 2. The van der Waals surface area contributed by atoms with Gasteiger partial charge in [-0.3, -0.25) is 9.69 Å². The van der Waals surface area contributed by atoms with Gasteiger partial charge in [-0.2, -0.15) is 0 Å². The third kappa shape index (κ3) is 7.20. The van der Waals surface area contributed by atoms with Crippen LogP contribution < -0.4 is 10.4 Å². The van der Waals surface area contributed by atoms with Gasteiger partial charge in [-0.15, -0.1) is 0 Å². The molecule has 44 heavy (non-hydrogen) atoms. The highest BCUT2D eigenvalue weighted by Crippen LogP contribution is 2.40. The van der Waals surface area contributed by atoms with E-state index < -0.39 is 43.8 Å². The number of amides is 3. The maximum atomic E-state index is 13.9. The number of ether oxygens (including phenoxy) is 2. The predicted octanol–water partition coefficient (Wildman–Crippen LogP) is 6.26. The highest BCUT2D eigenvalue weighted by molar-refractivity contribution is 6.99. The molecule has 0 aromatic heterocycles. The molecule has 0 saturated carbocycles. The van der Waals surface area contributed by atoms with Crippen molar-refractivity contribution in [2.24, 2.45) is 0 Å². The molecule has 9 heteroatoms. The average molecular weight is 623 g/mol. The van der Waals surface area contributed by atoms with Crippen LogP contribution in [0.3, 0.4) is 0 Å². The molecule has 4 rings (SSSR count). The van der Waals surface area contributed by atoms with E-state index in [0.717, 1.165) is 10.4 Å². The van der Waals surface area contributed by atoms with Crippen molar-refractivity contribution < 1.29 is 28.3 Å². The predicted molar refractivity (Wildman–Crippen MR) is 175 cm³/mol. The van der Waals surface area contributed by atoms with Crippen molar-refractivity contribution in [2.45, 2.75) is 122 Å². The molecule has 0 bridgehead atoms. The fourth-order valence-electron chi connectivity index (χ4n) is 6.65. The van der Waals surface area contributed by atoms with Crippen molar-refractivity contribution in [1.29, 1.82) is 0 Å². The van der Waals surface area contributed by atoms with Crippen LogP contribution in [-0.2, 0) is 18.7 Å². The molecule has 0 N–H and O–H groups in total. The lowest BCUT2D eigenvalue weighted by Gasteiger charge is -2.44. The molecule has 2 fully saturated rings. The first-order chi connectivity index (χ1) is 20.4. The minimum absolute atomic E-state index is 0.226. The second-order valence-corrected chi connectivity index (χ2v) is 19.3. The van der Waals surface area contributed by atoms with Crippen molar-refractivity contribution in [3.8, 4) is 0 Å². The largest absolute Gasteiger partial charge is 0.444 e. The van der Waals surface area contributed by atoms with Crippen LogP contribution in [0.15, 0.2) is 60.7 Å². The van der Waals surface area contributed by atoms with Crippen LogP contribution in [0.2, 0.25) is 5.04 Å². The lowest BCUT2D eigenvalue weighted by molar-refractivity contribution is -0.128. The van der Waals surface area contributed by atoms with Gasteiger partial charge in [-0.1, -0.05) is 81.4 Å². The molecular formula is C35H50N2O6Si. The summed E-state index contributed by atoms with van der Waals surface area (Å²) in [5.41, 5.74) is -1.47. The van der Waals surface area contributed by atoms with Gasteiger partial charge in [-0.25, -0.2) is 14.5 Å². The first-order valence-corrected chi connectivity index (χ1v) is 17.7. The summed E-state index contributed by atoms with van der Waals surface area (Å²) in [5.74, 6) is -0.277. The lowest BCUT2D eigenvalue weighted by Crippen LogP contribution is -2.67. The minimum atomic E-state index is -2.87. The molecule has 240 valence electrons. The quantitative estimate of drug-likeness (QED) is 0.354. The van der Waals surface area contributed by atoms with Crippen molar-refractivity contribution in [3.05, 3.63) is 60.7 Å². The Balaban J connectivity index is 1.71. The Bertz CT molecular complexity index is 1270. The molecule has 3 amide bonds. The van der Waals surface area contributed by atoms with Gasteiger partial charge < -0.3 is 13.9 Å². The second kappa shape index (κ2) is 12.7. The van der Waals surface area contributed by atoms with Crippen LogP contribution in [0.5, 0.6) is 0 Å². The zero-order valence-electron chi connectivity index (χ0n) is 27.9. The van der Waals surface area contributed by atoms with Gasteiger partial charge in [0.05, 0.1) is 24.7 Å². The van der Waals surface area contributed by atoms with E-state index in [0.29, 0.717) is 25.9 Å². The Hall–Kier alpha value is -3.17. The highest BCUT2D eigenvalue weighted by atomic mass is 28.4. The molecule has 0 spiro atoms. The summed E-state index contributed by atoms with van der Waals surface area (Å²) in [4.78, 5) is 43.2. The molecular weight excluding hydrogens is 572 g/mol. The molecule has 2 heterocycles.